The lowest BCUT2D eigenvalue weighted by Gasteiger charge is -2.01. The minimum absolute atomic E-state index is 0. The quantitative estimate of drug-likeness (QED) is 0.629. The molecule has 0 aromatic heterocycles. The third-order valence-electron chi connectivity index (χ3n) is 1.67. The first-order valence-corrected chi connectivity index (χ1v) is 5.64. The Balaban J connectivity index is 0.00000121. The summed E-state index contributed by atoms with van der Waals surface area (Å²) in [6.45, 7) is 4.61. The molecule has 1 aromatic rings. The van der Waals surface area contributed by atoms with E-state index in [0.717, 1.165) is 4.78 Å². The molecule has 0 heterocycles. The van der Waals surface area contributed by atoms with Crippen molar-refractivity contribution in [1.29, 1.82) is 0 Å². The lowest BCUT2D eigenvalue weighted by molar-refractivity contribution is 1.04. The minimum Gasteiger partial charge on any atom is -0.269 e. The average molecular weight is 181 g/mol. The fraction of sp³-hybridized carbons (Fsp3) is 0.400. The molecule has 1 aromatic carbocycles. The second-order valence-electron chi connectivity index (χ2n) is 3.17. The average Bonchev–Trinajstić information content (AvgIpc) is 2.03. The first-order chi connectivity index (χ1) is 5.29. The zero-order valence-electron chi connectivity index (χ0n) is 7.66. The maximum atomic E-state index is 2.30. The third kappa shape index (κ3) is 4.54. The van der Waals surface area contributed by atoms with E-state index in [9.17, 15) is 0 Å². The molecular formula is C10H15AlF. The van der Waals surface area contributed by atoms with Crippen molar-refractivity contribution >= 4 is 15.2 Å². The van der Waals surface area contributed by atoms with Crippen LogP contribution in [0.3, 0.4) is 0 Å². The van der Waals surface area contributed by atoms with Gasteiger partial charge in [-0.05, 0) is 0 Å². The Hall–Kier alpha value is -0.318. The predicted molar refractivity (Wildman–Crippen MR) is 53.5 cm³/mol. The zero-order chi connectivity index (χ0) is 8.10. The van der Waals surface area contributed by atoms with E-state index in [1.165, 1.54) is 10.8 Å². The van der Waals surface area contributed by atoms with Gasteiger partial charge in [-0.15, -0.1) is 0 Å². The van der Waals surface area contributed by atoms with Gasteiger partial charge in [0.1, 0.15) is 0 Å². The Morgan fingerprint density at radius 2 is 1.75 bits per heavy atom. The van der Waals surface area contributed by atoms with Crippen LogP contribution in [0.15, 0.2) is 30.3 Å². The molecule has 2 heteroatoms. The van der Waals surface area contributed by atoms with Gasteiger partial charge in [-0.2, -0.15) is 0 Å². The lowest BCUT2D eigenvalue weighted by atomic mass is 10.2. The molecule has 0 fully saturated rings. The molecule has 12 heavy (non-hydrogen) atoms. The molecule has 0 saturated carbocycles. The molecule has 0 aliphatic carbocycles. The van der Waals surface area contributed by atoms with Crippen molar-refractivity contribution in [3.8, 4) is 0 Å². The molecule has 0 aliphatic rings. The van der Waals surface area contributed by atoms with Gasteiger partial charge in [-0.25, -0.2) is 0 Å². The van der Waals surface area contributed by atoms with Crippen LogP contribution in [0.25, 0.3) is 0 Å². The Morgan fingerprint density at radius 1 is 1.17 bits per heavy atom. The predicted octanol–water partition coefficient (Wildman–Crippen LogP) is 2.87. The molecule has 0 saturated heterocycles. The third-order valence-corrected chi connectivity index (χ3v) is 3.32. The second-order valence-corrected chi connectivity index (χ2v) is 5.38. The summed E-state index contributed by atoms with van der Waals surface area (Å²) in [5.41, 5.74) is 1.50. The minimum atomic E-state index is 0. The zero-order valence-corrected chi connectivity index (χ0v) is 8.81. The van der Waals surface area contributed by atoms with Crippen LogP contribution in [0, 0.1) is 0 Å². The SMILES string of the molecule is C[CH](C)[Al][CH2]c1ccccc1.F. The molecule has 0 spiro atoms. The summed E-state index contributed by atoms with van der Waals surface area (Å²) in [4.78, 5) is 0. The number of rotatable bonds is 3. The first-order valence-electron chi connectivity index (χ1n) is 4.16. The Labute approximate surface area is 80.1 Å². The van der Waals surface area contributed by atoms with Crippen molar-refractivity contribution in [2.24, 2.45) is 0 Å². The molecule has 0 nitrogen and oxygen atoms in total. The van der Waals surface area contributed by atoms with Gasteiger partial charge in [-0.3, -0.25) is 4.70 Å². The van der Waals surface area contributed by atoms with E-state index in [-0.39, 0.29) is 4.70 Å². The van der Waals surface area contributed by atoms with Crippen LogP contribution in [0.1, 0.15) is 19.4 Å². The maximum Gasteiger partial charge on any atom is 0.211 e. The van der Waals surface area contributed by atoms with Crippen molar-refractivity contribution < 1.29 is 4.70 Å². The van der Waals surface area contributed by atoms with Gasteiger partial charge in [0, 0.05) is 0 Å². The molecule has 0 amide bonds. The Kier molecular flexibility index (Phi) is 6.06. The van der Waals surface area contributed by atoms with Crippen molar-refractivity contribution in [2.75, 3.05) is 0 Å². The fourth-order valence-electron chi connectivity index (χ4n) is 0.986. The van der Waals surface area contributed by atoms with E-state index in [2.05, 4.69) is 44.2 Å². The summed E-state index contributed by atoms with van der Waals surface area (Å²) >= 11 is 0.607. The van der Waals surface area contributed by atoms with Crippen LogP contribution in [-0.2, 0) is 5.28 Å². The van der Waals surface area contributed by atoms with Crippen LogP contribution in [0.5, 0.6) is 0 Å². The highest BCUT2D eigenvalue weighted by Crippen LogP contribution is 2.04. The Bertz CT molecular complexity index is 196. The Morgan fingerprint density at radius 3 is 2.25 bits per heavy atom. The maximum absolute atomic E-state index is 2.30. The van der Waals surface area contributed by atoms with E-state index >= 15 is 0 Å². The van der Waals surface area contributed by atoms with Gasteiger partial charge >= 0.3 is 0 Å². The number of benzene rings is 1. The van der Waals surface area contributed by atoms with Gasteiger partial charge in [0.25, 0.3) is 0 Å². The van der Waals surface area contributed by atoms with E-state index < -0.39 is 0 Å². The molecule has 0 aliphatic heterocycles. The summed E-state index contributed by atoms with van der Waals surface area (Å²) in [5, 5.41) is 1.30. The second kappa shape index (κ2) is 6.23. The van der Waals surface area contributed by atoms with Crippen molar-refractivity contribution in [3.63, 3.8) is 0 Å². The van der Waals surface area contributed by atoms with Crippen LogP contribution < -0.4 is 0 Å². The smallest absolute Gasteiger partial charge is 0.211 e. The normalized spacial score (nSPS) is 9.25. The summed E-state index contributed by atoms with van der Waals surface area (Å²) in [6, 6.07) is 10.8. The van der Waals surface area contributed by atoms with Crippen molar-refractivity contribution in [2.45, 2.75) is 23.9 Å². The largest absolute Gasteiger partial charge is 0.269 e. The van der Waals surface area contributed by atoms with E-state index in [1.807, 2.05) is 0 Å². The summed E-state index contributed by atoms with van der Waals surface area (Å²) in [5.74, 6) is 0. The molecule has 1 rings (SSSR count). The molecular weight excluding hydrogens is 166 g/mol. The van der Waals surface area contributed by atoms with Crippen LogP contribution in [0.4, 0.5) is 4.70 Å². The van der Waals surface area contributed by atoms with Crippen molar-refractivity contribution in [3.05, 3.63) is 35.9 Å². The van der Waals surface area contributed by atoms with Gasteiger partial charge in [0.15, 0.2) is 0 Å². The van der Waals surface area contributed by atoms with Gasteiger partial charge in [0.2, 0.25) is 15.2 Å². The van der Waals surface area contributed by atoms with Crippen molar-refractivity contribution in [1.82, 2.24) is 0 Å². The number of hydrogen-bond acceptors (Lipinski definition) is 0. The van der Waals surface area contributed by atoms with E-state index in [4.69, 9.17) is 0 Å². The van der Waals surface area contributed by atoms with E-state index in [0.29, 0.717) is 15.2 Å². The summed E-state index contributed by atoms with van der Waals surface area (Å²) in [7, 11) is 0. The molecule has 0 unspecified atom stereocenters. The number of halogens is 1. The molecule has 0 N–H and O–H groups in total. The molecule has 65 valence electrons. The lowest BCUT2D eigenvalue weighted by Crippen LogP contribution is -1.99. The van der Waals surface area contributed by atoms with E-state index in [1.54, 1.807) is 0 Å². The molecule has 0 bridgehead atoms. The van der Waals surface area contributed by atoms with Gasteiger partial charge in [0.05, 0.1) is 0 Å². The standard InChI is InChI=1S/C7H7.C3H7.Al.FH/c1-7-5-3-2-4-6-7;1-3-2;;/h2-6H,1H2;3H,1-2H3;;1H. The number of hydrogen-bond donors (Lipinski definition) is 0. The summed E-state index contributed by atoms with van der Waals surface area (Å²) < 4.78 is 0.898. The topological polar surface area (TPSA) is 0 Å². The monoisotopic (exact) mass is 181 g/mol. The highest BCUT2D eigenvalue weighted by molar-refractivity contribution is 6.36. The molecule has 0 atom stereocenters. The first kappa shape index (κ1) is 11.7. The fourth-order valence-corrected chi connectivity index (χ4v) is 2.00. The highest BCUT2D eigenvalue weighted by Gasteiger charge is 1.97. The van der Waals surface area contributed by atoms with Crippen LogP contribution >= 0.6 is 0 Å². The molecule has 1 radical (unpaired) electrons. The van der Waals surface area contributed by atoms with Gasteiger partial charge in [-0.1, -0.05) is 59.8 Å². The van der Waals surface area contributed by atoms with Gasteiger partial charge < -0.3 is 0 Å². The highest BCUT2D eigenvalue weighted by atomic mass is 27.1. The van der Waals surface area contributed by atoms with Crippen LogP contribution in [-0.4, -0.2) is 15.2 Å². The van der Waals surface area contributed by atoms with Crippen LogP contribution in [0.2, 0.25) is 4.78 Å². The summed E-state index contributed by atoms with van der Waals surface area (Å²) in [6.07, 6.45) is 0.